The summed E-state index contributed by atoms with van der Waals surface area (Å²) >= 11 is 1.82. The first-order chi connectivity index (χ1) is 11.4. The van der Waals surface area contributed by atoms with Crippen molar-refractivity contribution in [3.8, 4) is 0 Å². The Morgan fingerprint density at radius 2 is 1.78 bits per heavy atom. The third-order valence-corrected chi connectivity index (χ3v) is 5.40. The van der Waals surface area contributed by atoms with Gasteiger partial charge in [-0.1, -0.05) is 55.4 Å². The topological polar surface area (TPSA) is 34.0 Å². The Hall–Kier alpha value is -1.33. The Balaban J connectivity index is 1.78. The van der Waals surface area contributed by atoms with Gasteiger partial charge in [0.1, 0.15) is 5.82 Å². The normalized spacial score (nSPS) is 15.9. The average molecular weight is 331 g/mol. The first-order valence-corrected chi connectivity index (χ1v) is 9.66. The van der Waals surface area contributed by atoms with Gasteiger partial charge in [-0.25, -0.2) is 0 Å². The lowest BCUT2D eigenvalue weighted by atomic mass is 10.1. The number of hydrogen-bond acceptors (Lipinski definition) is 4. The summed E-state index contributed by atoms with van der Waals surface area (Å²) in [4.78, 5) is 2.52. The molecule has 0 N–H and O–H groups in total. The Morgan fingerprint density at radius 3 is 2.52 bits per heavy atom. The molecule has 0 bridgehead atoms. The summed E-state index contributed by atoms with van der Waals surface area (Å²) in [5.74, 6) is 2.20. The van der Waals surface area contributed by atoms with Crippen molar-refractivity contribution < 1.29 is 0 Å². The van der Waals surface area contributed by atoms with Gasteiger partial charge in [0.2, 0.25) is 0 Å². The maximum absolute atomic E-state index is 4.51. The number of piperidine rings is 1. The maximum atomic E-state index is 4.51. The fourth-order valence-electron chi connectivity index (χ4n) is 2.98. The van der Waals surface area contributed by atoms with Gasteiger partial charge < -0.3 is 4.57 Å². The summed E-state index contributed by atoms with van der Waals surface area (Å²) in [6.45, 7) is 6.38. The van der Waals surface area contributed by atoms with Crippen LogP contribution < -0.4 is 0 Å². The molecule has 0 amide bonds. The number of benzene rings is 1. The SMILES string of the molecule is CCCSc1nnc(CN2CCCCC2)n1Cc1ccccc1. The third kappa shape index (κ3) is 4.58. The van der Waals surface area contributed by atoms with Crippen molar-refractivity contribution in [2.75, 3.05) is 18.8 Å². The third-order valence-electron chi connectivity index (χ3n) is 4.23. The molecule has 0 aliphatic carbocycles. The van der Waals surface area contributed by atoms with Crippen molar-refractivity contribution in [1.82, 2.24) is 19.7 Å². The van der Waals surface area contributed by atoms with Gasteiger partial charge in [0.05, 0.1) is 13.1 Å². The molecule has 1 saturated heterocycles. The molecule has 124 valence electrons. The van der Waals surface area contributed by atoms with Gasteiger partial charge >= 0.3 is 0 Å². The summed E-state index contributed by atoms with van der Waals surface area (Å²) in [7, 11) is 0. The van der Waals surface area contributed by atoms with Crippen LogP contribution in [0.2, 0.25) is 0 Å². The molecular weight excluding hydrogens is 304 g/mol. The Bertz CT molecular complexity index is 590. The second-order valence-electron chi connectivity index (χ2n) is 6.16. The smallest absolute Gasteiger partial charge is 0.191 e. The molecule has 1 fully saturated rings. The van der Waals surface area contributed by atoms with Crippen molar-refractivity contribution in [2.24, 2.45) is 0 Å². The number of likely N-dealkylation sites (tertiary alicyclic amines) is 1. The Morgan fingerprint density at radius 1 is 1.00 bits per heavy atom. The highest BCUT2D eigenvalue weighted by Crippen LogP contribution is 2.21. The zero-order chi connectivity index (χ0) is 15.9. The van der Waals surface area contributed by atoms with E-state index < -0.39 is 0 Å². The van der Waals surface area contributed by atoms with Crippen LogP contribution in [0.15, 0.2) is 35.5 Å². The first kappa shape index (κ1) is 16.5. The van der Waals surface area contributed by atoms with E-state index in [0.29, 0.717) is 0 Å². The van der Waals surface area contributed by atoms with Crippen LogP contribution in [0, 0.1) is 0 Å². The standard InChI is InChI=1S/C18H26N4S/c1-2-13-23-18-20-19-17(15-21-11-7-4-8-12-21)22(18)14-16-9-5-3-6-10-16/h3,5-6,9-10H,2,4,7-8,11-15H2,1H3. The molecule has 1 aromatic heterocycles. The molecule has 4 nitrogen and oxygen atoms in total. The van der Waals surface area contributed by atoms with Gasteiger partial charge in [-0.2, -0.15) is 0 Å². The van der Waals surface area contributed by atoms with Gasteiger partial charge in [-0.3, -0.25) is 4.90 Å². The average Bonchev–Trinajstić information content (AvgIpc) is 2.96. The summed E-state index contributed by atoms with van der Waals surface area (Å²) in [5.41, 5.74) is 1.31. The molecule has 1 aliphatic heterocycles. The molecule has 23 heavy (non-hydrogen) atoms. The van der Waals surface area contributed by atoms with Crippen molar-refractivity contribution >= 4 is 11.8 Å². The highest BCUT2D eigenvalue weighted by molar-refractivity contribution is 7.99. The minimum atomic E-state index is 0.864. The molecule has 0 saturated carbocycles. The largest absolute Gasteiger partial charge is 0.300 e. The molecular formula is C18H26N4S. The van der Waals surface area contributed by atoms with Crippen LogP contribution in [-0.2, 0) is 13.1 Å². The molecule has 1 aromatic carbocycles. The number of hydrogen-bond donors (Lipinski definition) is 0. The Labute approximate surface area is 143 Å². The molecule has 1 aliphatic rings. The van der Waals surface area contributed by atoms with Crippen LogP contribution in [-0.4, -0.2) is 38.5 Å². The van der Waals surface area contributed by atoms with Crippen LogP contribution in [0.3, 0.4) is 0 Å². The van der Waals surface area contributed by atoms with Crippen LogP contribution in [0.1, 0.15) is 44.0 Å². The van der Waals surface area contributed by atoms with Crippen molar-refractivity contribution in [3.63, 3.8) is 0 Å². The molecule has 0 radical (unpaired) electrons. The van der Waals surface area contributed by atoms with E-state index in [9.17, 15) is 0 Å². The van der Waals surface area contributed by atoms with E-state index in [1.807, 2.05) is 11.8 Å². The lowest BCUT2D eigenvalue weighted by Crippen LogP contribution is -2.30. The number of nitrogens with zero attached hydrogens (tertiary/aromatic N) is 4. The summed E-state index contributed by atoms with van der Waals surface area (Å²) in [6.07, 6.45) is 5.14. The van der Waals surface area contributed by atoms with Crippen molar-refractivity contribution in [3.05, 3.63) is 41.7 Å². The monoisotopic (exact) mass is 330 g/mol. The van der Waals surface area contributed by atoms with Gasteiger partial charge in [-0.05, 0) is 37.9 Å². The molecule has 0 atom stereocenters. The van der Waals surface area contributed by atoms with E-state index in [1.165, 1.54) is 37.9 Å². The van der Waals surface area contributed by atoms with Crippen LogP contribution in [0.5, 0.6) is 0 Å². The van der Waals surface area contributed by atoms with E-state index in [1.54, 1.807) is 0 Å². The van der Waals surface area contributed by atoms with E-state index in [2.05, 4.69) is 56.9 Å². The number of thioether (sulfide) groups is 1. The van der Waals surface area contributed by atoms with Gasteiger partial charge in [0, 0.05) is 5.75 Å². The quantitative estimate of drug-likeness (QED) is 0.723. The minimum Gasteiger partial charge on any atom is -0.300 e. The molecule has 0 unspecified atom stereocenters. The number of rotatable bonds is 7. The van der Waals surface area contributed by atoms with E-state index >= 15 is 0 Å². The van der Waals surface area contributed by atoms with Crippen LogP contribution in [0.4, 0.5) is 0 Å². The molecule has 2 aromatic rings. The van der Waals surface area contributed by atoms with Crippen LogP contribution >= 0.6 is 11.8 Å². The maximum Gasteiger partial charge on any atom is 0.191 e. The minimum absolute atomic E-state index is 0.864. The second-order valence-corrected chi connectivity index (χ2v) is 7.22. The second kappa shape index (κ2) is 8.50. The lowest BCUT2D eigenvalue weighted by Gasteiger charge is -2.26. The van der Waals surface area contributed by atoms with E-state index in [4.69, 9.17) is 0 Å². The zero-order valence-electron chi connectivity index (χ0n) is 13.9. The Kier molecular flexibility index (Phi) is 6.11. The summed E-state index contributed by atoms with van der Waals surface area (Å²) < 4.78 is 2.31. The van der Waals surface area contributed by atoms with Crippen molar-refractivity contribution in [1.29, 1.82) is 0 Å². The molecule has 2 heterocycles. The molecule has 0 spiro atoms. The highest BCUT2D eigenvalue weighted by atomic mass is 32.2. The van der Waals surface area contributed by atoms with Crippen LogP contribution in [0.25, 0.3) is 0 Å². The van der Waals surface area contributed by atoms with Gasteiger partial charge in [0.15, 0.2) is 5.16 Å². The zero-order valence-corrected chi connectivity index (χ0v) is 14.8. The van der Waals surface area contributed by atoms with E-state index in [0.717, 1.165) is 36.2 Å². The van der Waals surface area contributed by atoms with Crippen molar-refractivity contribution in [2.45, 2.75) is 50.9 Å². The molecule has 3 rings (SSSR count). The summed E-state index contributed by atoms with van der Waals surface area (Å²) in [5, 5.41) is 10.0. The lowest BCUT2D eigenvalue weighted by molar-refractivity contribution is 0.213. The fraction of sp³-hybridized carbons (Fsp3) is 0.556. The fourth-order valence-corrected chi connectivity index (χ4v) is 3.79. The number of aromatic nitrogens is 3. The predicted molar refractivity (Wildman–Crippen MR) is 95.7 cm³/mol. The molecule has 5 heteroatoms. The van der Waals surface area contributed by atoms with E-state index in [-0.39, 0.29) is 0 Å². The van der Waals surface area contributed by atoms with Gasteiger partial charge in [0.25, 0.3) is 0 Å². The first-order valence-electron chi connectivity index (χ1n) is 8.68. The highest BCUT2D eigenvalue weighted by Gasteiger charge is 2.17. The van der Waals surface area contributed by atoms with Gasteiger partial charge in [-0.15, -0.1) is 10.2 Å². The predicted octanol–water partition coefficient (Wildman–Crippen LogP) is 3.81. The summed E-state index contributed by atoms with van der Waals surface area (Å²) in [6, 6.07) is 10.6.